The Kier molecular flexibility index (Phi) is 6.62. The third-order valence-electron chi connectivity index (χ3n) is 4.66. The Bertz CT molecular complexity index is 1430. The van der Waals surface area contributed by atoms with E-state index in [9.17, 15) is 18.4 Å². The van der Waals surface area contributed by atoms with Crippen LogP contribution in [0.4, 0.5) is 14.5 Å². The van der Waals surface area contributed by atoms with Crippen LogP contribution >= 0.6 is 23.4 Å². The van der Waals surface area contributed by atoms with Gasteiger partial charge in [-0.25, -0.2) is 13.8 Å². The first-order valence-electron chi connectivity index (χ1n) is 9.61. The molecule has 0 spiro atoms. The van der Waals surface area contributed by atoms with Crippen LogP contribution in [-0.2, 0) is 4.79 Å². The van der Waals surface area contributed by atoms with Crippen LogP contribution in [0.2, 0.25) is 5.02 Å². The highest BCUT2D eigenvalue weighted by molar-refractivity contribution is 7.99. The fourth-order valence-corrected chi connectivity index (χ4v) is 4.14. The van der Waals surface area contributed by atoms with Crippen molar-refractivity contribution >= 4 is 45.9 Å². The van der Waals surface area contributed by atoms with Gasteiger partial charge in [0.15, 0.2) is 5.16 Å². The van der Waals surface area contributed by atoms with E-state index in [0.717, 1.165) is 30.0 Å². The van der Waals surface area contributed by atoms with Crippen molar-refractivity contribution in [1.82, 2.24) is 9.55 Å². The normalized spacial score (nSPS) is 10.9. The number of carbonyl (C=O) groups excluding carboxylic acids is 1. The average Bonchev–Trinajstić information content (AvgIpc) is 2.80. The van der Waals surface area contributed by atoms with E-state index in [1.807, 2.05) is 0 Å². The minimum Gasteiger partial charge on any atom is -0.495 e. The predicted molar refractivity (Wildman–Crippen MR) is 125 cm³/mol. The number of halogens is 3. The fraction of sp³-hybridized carbons (Fsp3) is 0.0870. The van der Waals surface area contributed by atoms with Gasteiger partial charge in [-0.15, -0.1) is 0 Å². The fourth-order valence-electron chi connectivity index (χ4n) is 3.17. The summed E-state index contributed by atoms with van der Waals surface area (Å²) in [5.74, 6) is -1.83. The maximum Gasteiger partial charge on any atom is 0.266 e. The largest absolute Gasteiger partial charge is 0.495 e. The lowest BCUT2D eigenvalue weighted by molar-refractivity contribution is -0.113. The molecule has 1 heterocycles. The van der Waals surface area contributed by atoms with Gasteiger partial charge in [0.05, 0.1) is 35.1 Å². The zero-order valence-corrected chi connectivity index (χ0v) is 18.7. The summed E-state index contributed by atoms with van der Waals surface area (Å²) in [4.78, 5) is 30.3. The van der Waals surface area contributed by atoms with Gasteiger partial charge >= 0.3 is 0 Å². The summed E-state index contributed by atoms with van der Waals surface area (Å²) in [6.45, 7) is 0. The van der Waals surface area contributed by atoms with Gasteiger partial charge in [0.1, 0.15) is 17.4 Å². The van der Waals surface area contributed by atoms with Gasteiger partial charge in [-0.1, -0.05) is 35.5 Å². The third kappa shape index (κ3) is 4.84. The van der Waals surface area contributed by atoms with E-state index in [1.54, 1.807) is 42.5 Å². The molecule has 0 radical (unpaired) electrons. The van der Waals surface area contributed by atoms with Gasteiger partial charge in [-0.05, 0) is 42.5 Å². The number of hydrogen-bond donors (Lipinski definition) is 1. The second kappa shape index (κ2) is 9.60. The number of para-hydroxylation sites is 2. The number of thioether (sulfide) groups is 1. The van der Waals surface area contributed by atoms with Crippen molar-refractivity contribution in [2.45, 2.75) is 5.16 Å². The van der Waals surface area contributed by atoms with Crippen molar-refractivity contribution < 1.29 is 18.3 Å². The maximum atomic E-state index is 13.9. The first-order chi connectivity index (χ1) is 15.9. The molecule has 0 saturated carbocycles. The van der Waals surface area contributed by atoms with E-state index in [-0.39, 0.29) is 22.2 Å². The molecule has 0 saturated heterocycles. The maximum absolute atomic E-state index is 13.9. The lowest BCUT2D eigenvalue weighted by atomic mass is 10.2. The molecule has 4 rings (SSSR count). The molecule has 0 aliphatic rings. The quantitative estimate of drug-likeness (QED) is 0.304. The van der Waals surface area contributed by atoms with Crippen molar-refractivity contribution in [3.63, 3.8) is 0 Å². The van der Waals surface area contributed by atoms with Crippen molar-refractivity contribution in [3.8, 4) is 11.4 Å². The highest BCUT2D eigenvalue weighted by atomic mass is 35.5. The van der Waals surface area contributed by atoms with E-state index < -0.39 is 17.5 Å². The first-order valence-corrected chi connectivity index (χ1v) is 11.0. The number of nitrogens with one attached hydrogen (secondary N) is 1. The van der Waals surface area contributed by atoms with Crippen LogP contribution in [0.15, 0.2) is 70.6 Å². The van der Waals surface area contributed by atoms with Crippen LogP contribution in [0.5, 0.6) is 5.75 Å². The second-order valence-electron chi connectivity index (χ2n) is 6.83. The smallest absolute Gasteiger partial charge is 0.266 e. The zero-order chi connectivity index (χ0) is 23.5. The number of aromatic nitrogens is 2. The first kappa shape index (κ1) is 22.8. The van der Waals surface area contributed by atoms with Crippen molar-refractivity contribution in [3.05, 3.63) is 87.7 Å². The van der Waals surface area contributed by atoms with Crippen LogP contribution in [0.1, 0.15) is 0 Å². The third-order valence-corrected chi connectivity index (χ3v) is 5.84. The summed E-state index contributed by atoms with van der Waals surface area (Å²) in [5, 5.41) is 3.27. The molecule has 0 atom stereocenters. The highest BCUT2D eigenvalue weighted by Crippen LogP contribution is 2.28. The Hall–Kier alpha value is -3.43. The Morgan fingerprint density at radius 3 is 2.73 bits per heavy atom. The lowest BCUT2D eigenvalue weighted by Crippen LogP contribution is -2.23. The zero-order valence-electron chi connectivity index (χ0n) is 17.1. The van der Waals surface area contributed by atoms with E-state index in [2.05, 4.69) is 10.3 Å². The number of benzene rings is 3. The number of anilines is 1. The molecule has 0 aliphatic carbocycles. The number of amides is 1. The van der Waals surface area contributed by atoms with E-state index in [1.165, 1.54) is 11.7 Å². The molecule has 33 heavy (non-hydrogen) atoms. The van der Waals surface area contributed by atoms with Crippen LogP contribution in [-0.4, -0.2) is 28.3 Å². The van der Waals surface area contributed by atoms with Crippen molar-refractivity contribution in [1.29, 1.82) is 0 Å². The molecule has 0 bridgehead atoms. The van der Waals surface area contributed by atoms with Crippen molar-refractivity contribution in [2.24, 2.45) is 0 Å². The SMILES string of the molecule is COc1ccccc1-n1c(SCC(=O)Nc2cc(F)ccc2F)nc2cc(Cl)ccc2c1=O. The molecule has 6 nitrogen and oxygen atoms in total. The molecule has 4 aromatic rings. The number of ether oxygens (including phenoxy) is 1. The molecule has 1 aromatic heterocycles. The van der Waals surface area contributed by atoms with Gasteiger partial charge in [-0.3, -0.25) is 14.2 Å². The molecule has 0 unspecified atom stereocenters. The number of hydrogen-bond acceptors (Lipinski definition) is 5. The summed E-state index contributed by atoms with van der Waals surface area (Å²) >= 11 is 7.03. The van der Waals surface area contributed by atoms with Gasteiger partial charge in [0, 0.05) is 11.1 Å². The van der Waals surface area contributed by atoms with Crippen LogP contribution in [0.25, 0.3) is 16.6 Å². The Morgan fingerprint density at radius 1 is 1.15 bits per heavy atom. The molecule has 1 amide bonds. The molecular weight excluding hydrogens is 472 g/mol. The van der Waals surface area contributed by atoms with Gasteiger partial charge < -0.3 is 10.1 Å². The monoisotopic (exact) mass is 487 g/mol. The molecule has 1 N–H and O–H groups in total. The van der Waals surface area contributed by atoms with Gasteiger partial charge in [0.2, 0.25) is 5.91 Å². The Labute approximate surface area is 196 Å². The summed E-state index contributed by atoms with van der Waals surface area (Å²) in [5.41, 5.74) is 0.146. The average molecular weight is 488 g/mol. The number of carbonyl (C=O) groups is 1. The summed E-state index contributed by atoms with van der Waals surface area (Å²) in [6.07, 6.45) is 0. The Morgan fingerprint density at radius 2 is 1.94 bits per heavy atom. The van der Waals surface area contributed by atoms with E-state index in [4.69, 9.17) is 16.3 Å². The topological polar surface area (TPSA) is 73.2 Å². The summed E-state index contributed by atoms with van der Waals surface area (Å²) in [7, 11) is 1.48. The Balaban J connectivity index is 1.73. The van der Waals surface area contributed by atoms with Crippen LogP contribution in [0.3, 0.4) is 0 Å². The molecule has 10 heteroatoms. The number of nitrogens with zero attached hydrogens (tertiary/aromatic N) is 2. The van der Waals surface area contributed by atoms with Crippen LogP contribution in [0, 0.1) is 11.6 Å². The minimum absolute atomic E-state index is 0.203. The summed E-state index contributed by atoms with van der Waals surface area (Å²) < 4.78 is 34.0. The molecule has 168 valence electrons. The molecule has 0 fully saturated rings. The van der Waals surface area contributed by atoms with E-state index >= 15 is 0 Å². The molecule has 0 aliphatic heterocycles. The molecule has 3 aromatic carbocycles. The van der Waals surface area contributed by atoms with Gasteiger partial charge in [0.25, 0.3) is 5.56 Å². The lowest BCUT2D eigenvalue weighted by Gasteiger charge is -2.16. The second-order valence-corrected chi connectivity index (χ2v) is 8.21. The number of methoxy groups -OCH3 is 1. The predicted octanol–water partition coefficient (Wildman–Crippen LogP) is 5.06. The highest BCUT2D eigenvalue weighted by Gasteiger charge is 2.18. The van der Waals surface area contributed by atoms with Crippen LogP contribution < -0.4 is 15.6 Å². The standard InChI is InChI=1S/C23H16ClF2N3O3S/c1-32-20-5-3-2-4-19(20)29-22(31)15-8-6-13(24)10-17(15)28-23(29)33-12-21(30)27-18-11-14(25)7-9-16(18)26/h2-11H,12H2,1H3,(H,27,30). The molecular formula is C23H16ClF2N3O3S. The van der Waals surface area contributed by atoms with Gasteiger partial charge in [-0.2, -0.15) is 0 Å². The van der Waals surface area contributed by atoms with E-state index in [0.29, 0.717) is 27.4 Å². The number of rotatable bonds is 6. The summed E-state index contributed by atoms with van der Waals surface area (Å²) in [6, 6.07) is 14.4. The number of fused-ring (bicyclic) bond motifs is 1. The minimum atomic E-state index is -0.765. The van der Waals surface area contributed by atoms with Crippen molar-refractivity contribution in [2.75, 3.05) is 18.2 Å².